The summed E-state index contributed by atoms with van der Waals surface area (Å²) in [6, 6.07) is 6.59. The van der Waals surface area contributed by atoms with Crippen LogP contribution >= 0.6 is 11.6 Å². The molecule has 0 saturated carbocycles. The minimum absolute atomic E-state index is 0.0385. The van der Waals surface area contributed by atoms with E-state index in [9.17, 15) is 13.2 Å². The number of amides is 2. The van der Waals surface area contributed by atoms with Gasteiger partial charge in [0, 0.05) is 17.3 Å². The lowest BCUT2D eigenvalue weighted by molar-refractivity contribution is -0.117. The minimum atomic E-state index is -3.25. The van der Waals surface area contributed by atoms with Crippen LogP contribution in [0.2, 0.25) is 5.02 Å². The zero-order valence-corrected chi connectivity index (χ0v) is 16.5. The molecule has 1 spiro atoms. The van der Waals surface area contributed by atoms with Crippen LogP contribution in [0.4, 0.5) is 10.5 Å². The molecule has 2 fully saturated rings. The van der Waals surface area contributed by atoms with Gasteiger partial charge in [-0.2, -0.15) is 0 Å². The predicted octanol–water partition coefficient (Wildman–Crippen LogP) is 1.69. The van der Waals surface area contributed by atoms with E-state index in [1.54, 1.807) is 29.2 Å². The molecule has 1 N–H and O–H groups in total. The van der Waals surface area contributed by atoms with Gasteiger partial charge in [-0.1, -0.05) is 24.6 Å². The zero-order chi connectivity index (χ0) is 18.9. The number of carbonyl (C=O) groups excluding carboxylic acids is 1. The number of carbonyl (C=O) groups is 1. The van der Waals surface area contributed by atoms with Gasteiger partial charge in [0.2, 0.25) is 0 Å². The van der Waals surface area contributed by atoms with E-state index in [0.29, 0.717) is 17.3 Å². The summed E-state index contributed by atoms with van der Waals surface area (Å²) in [5.74, 6) is -0.0385. The Bertz CT molecular complexity index is 780. The Balaban J connectivity index is 1.56. The summed E-state index contributed by atoms with van der Waals surface area (Å²) in [5, 5.41) is 2.79. The summed E-state index contributed by atoms with van der Waals surface area (Å²) in [7, 11) is -1.36. The van der Waals surface area contributed by atoms with Crippen LogP contribution in [-0.4, -0.2) is 80.7 Å². The normalized spacial score (nSPS) is 23.7. The summed E-state index contributed by atoms with van der Waals surface area (Å²) in [6.07, 6.45) is 0. The van der Waals surface area contributed by atoms with Crippen molar-refractivity contribution in [2.24, 2.45) is 0 Å². The summed E-state index contributed by atoms with van der Waals surface area (Å²) < 4.78 is 31.1. The van der Waals surface area contributed by atoms with Gasteiger partial charge in [0.25, 0.3) is 0 Å². The molecule has 2 aliphatic rings. The van der Waals surface area contributed by atoms with Crippen LogP contribution < -0.4 is 5.32 Å². The lowest BCUT2D eigenvalue weighted by atomic mass is 9.96. The number of ether oxygens (including phenoxy) is 1. The quantitative estimate of drug-likeness (QED) is 0.830. The van der Waals surface area contributed by atoms with Gasteiger partial charge in [-0.3, -0.25) is 0 Å². The Morgan fingerprint density at radius 2 is 2.19 bits per heavy atom. The summed E-state index contributed by atoms with van der Waals surface area (Å²) in [4.78, 5) is 15.8. The number of hydrogen-bond donors (Lipinski definition) is 1. The molecule has 144 valence electrons. The number of urea groups is 1. The highest BCUT2D eigenvalue weighted by atomic mass is 35.5. The third kappa shape index (κ3) is 4.14. The maximum absolute atomic E-state index is 12.6. The van der Waals surface area contributed by atoms with E-state index in [-0.39, 0.29) is 31.5 Å². The summed E-state index contributed by atoms with van der Waals surface area (Å²) >= 11 is 5.91. The van der Waals surface area contributed by atoms with E-state index in [2.05, 4.69) is 5.32 Å². The first-order chi connectivity index (χ1) is 12.2. The first-order valence-corrected chi connectivity index (χ1v) is 10.7. The molecule has 1 aromatic carbocycles. The fraction of sp³-hybridized carbons (Fsp3) is 0.588. The molecule has 0 bridgehead atoms. The third-order valence-electron chi connectivity index (χ3n) is 4.92. The predicted molar refractivity (Wildman–Crippen MR) is 101 cm³/mol. The SMILES string of the molecule is CCN(C)C[C@H]1COC2(CN(C(=O)Nc3cccc(Cl)c3)C2)CS1(=O)=O. The Morgan fingerprint density at radius 3 is 2.81 bits per heavy atom. The van der Waals surface area contributed by atoms with Gasteiger partial charge in [0.15, 0.2) is 9.84 Å². The molecule has 2 saturated heterocycles. The Morgan fingerprint density at radius 1 is 1.46 bits per heavy atom. The molecule has 2 amide bonds. The maximum Gasteiger partial charge on any atom is 0.322 e. The number of benzene rings is 1. The van der Waals surface area contributed by atoms with Crippen molar-refractivity contribution in [1.82, 2.24) is 9.80 Å². The molecule has 3 rings (SSSR count). The van der Waals surface area contributed by atoms with Crippen molar-refractivity contribution in [3.63, 3.8) is 0 Å². The first kappa shape index (κ1) is 19.4. The van der Waals surface area contributed by atoms with Gasteiger partial charge in [-0.05, 0) is 31.8 Å². The number of rotatable bonds is 4. The second-order valence-electron chi connectivity index (χ2n) is 7.07. The van der Waals surface area contributed by atoms with Gasteiger partial charge in [0.1, 0.15) is 5.60 Å². The first-order valence-electron chi connectivity index (χ1n) is 8.58. The number of nitrogens with zero attached hydrogens (tertiary/aromatic N) is 2. The summed E-state index contributed by atoms with van der Waals surface area (Å²) in [6.45, 7) is 3.96. The van der Waals surface area contributed by atoms with Crippen molar-refractivity contribution in [3.8, 4) is 0 Å². The monoisotopic (exact) mass is 401 g/mol. The van der Waals surface area contributed by atoms with Crippen molar-refractivity contribution in [3.05, 3.63) is 29.3 Å². The number of sulfone groups is 1. The van der Waals surface area contributed by atoms with E-state index in [1.807, 2.05) is 18.9 Å². The van der Waals surface area contributed by atoms with E-state index < -0.39 is 20.7 Å². The highest BCUT2D eigenvalue weighted by molar-refractivity contribution is 7.92. The fourth-order valence-electron chi connectivity index (χ4n) is 3.29. The topological polar surface area (TPSA) is 79.0 Å². The fourth-order valence-corrected chi connectivity index (χ4v) is 5.47. The van der Waals surface area contributed by atoms with Crippen LogP contribution in [0.3, 0.4) is 0 Å². The van der Waals surface area contributed by atoms with Crippen molar-refractivity contribution in [1.29, 1.82) is 0 Å². The molecule has 1 aromatic rings. The standard InChI is InChI=1S/C17H24ClN3O4S/c1-3-20(2)8-15-9-25-17(12-26(15,23)24)10-21(11-17)16(22)19-14-6-4-5-13(18)7-14/h4-7,15H,3,8-12H2,1-2H3,(H,19,22)/t15-/m0/s1. The Kier molecular flexibility index (Phi) is 5.48. The molecule has 26 heavy (non-hydrogen) atoms. The molecule has 0 aromatic heterocycles. The van der Waals surface area contributed by atoms with Crippen molar-refractivity contribution in [2.45, 2.75) is 17.8 Å². The molecule has 9 heteroatoms. The minimum Gasteiger partial charge on any atom is -0.369 e. The highest BCUT2D eigenvalue weighted by Crippen LogP contribution is 2.33. The molecular weight excluding hydrogens is 378 g/mol. The van der Waals surface area contributed by atoms with Gasteiger partial charge >= 0.3 is 6.03 Å². The number of nitrogens with one attached hydrogen (secondary N) is 1. The second-order valence-corrected chi connectivity index (χ2v) is 9.79. The largest absolute Gasteiger partial charge is 0.369 e. The lowest BCUT2D eigenvalue weighted by Gasteiger charge is -2.52. The van der Waals surface area contributed by atoms with Crippen molar-refractivity contribution < 1.29 is 17.9 Å². The molecule has 0 aliphatic carbocycles. The number of anilines is 1. The Labute approximate surface area is 159 Å². The maximum atomic E-state index is 12.6. The van der Waals surface area contributed by atoms with Crippen LogP contribution in [0.1, 0.15) is 6.92 Å². The van der Waals surface area contributed by atoms with E-state index in [0.717, 1.165) is 6.54 Å². The van der Waals surface area contributed by atoms with E-state index >= 15 is 0 Å². The van der Waals surface area contributed by atoms with Gasteiger partial charge in [-0.25, -0.2) is 13.2 Å². The zero-order valence-electron chi connectivity index (χ0n) is 14.9. The summed E-state index contributed by atoms with van der Waals surface area (Å²) in [5.41, 5.74) is -0.172. The van der Waals surface area contributed by atoms with Gasteiger partial charge in [-0.15, -0.1) is 0 Å². The van der Waals surface area contributed by atoms with Crippen LogP contribution in [-0.2, 0) is 14.6 Å². The molecule has 0 unspecified atom stereocenters. The van der Waals surface area contributed by atoms with Crippen molar-refractivity contribution >= 4 is 33.2 Å². The van der Waals surface area contributed by atoms with Crippen molar-refractivity contribution in [2.75, 3.05) is 50.9 Å². The lowest BCUT2D eigenvalue weighted by Crippen LogP contribution is -2.71. The third-order valence-corrected chi connectivity index (χ3v) is 7.39. The van der Waals surface area contributed by atoms with Crippen LogP contribution in [0.25, 0.3) is 0 Å². The average molecular weight is 402 g/mol. The number of likely N-dealkylation sites (tertiary alicyclic amines) is 1. The van der Waals surface area contributed by atoms with Crippen LogP contribution in [0.5, 0.6) is 0 Å². The molecule has 1 atom stereocenters. The van der Waals surface area contributed by atoms with Crippen LogP contribution in [0.15, 0.2) is 24.3 Å². The number of hydrogen-bond acceptors (Lipinski definition) is 5. The molecule has 7 nitrogen and oxygen atoms in total. The van der Waals surface area contributed by atoms with Gasteiger partial charge < -0.3 is 19.9 Å². The molecule has 2 heterocycles. The van der Waals surface area contributed by atoms with Crippen LogP contribution in [0, 0.1) is 0 Å². The highest BCUT2D eigenvalue weighted by Gasteiger charge is 2.53. The second kappa shape index (κ2) is 7.34. The van der Waals surface area contributed by atoms with E-state index in [1.165, 1.54) is 0 Å². The van der Waals surface area contributed by atoms with Gasteiger partial charge in [0.05, 0.1) is 30.7 Å². The Hall–Kier alpha value is -1.35. The smallest absolute Gasteiger partial charge is 0.322 e. The number of halogens is 1. The molecule has 0 radical (unpaired) electrons. The molecular formula is C17H24ClN3O4S. The molecule has 2 aliphatic heterocycles. The average Bonchev–Trinajstić information content (AvgIpc) is 2.54. The van der Waals surface area contributed by atoms with E-state index in [4.69, 9.17) is 16.3 Å².